The Morgan fingerprint density at radius 2 is 1.70 bits per heavy atom. The van der Waals surface area contributed by atoms with E-state index in [1.165, 1.54) is 51.4 Å². The molecule has 5 aliphatic rings. The predicted octanol–water partition coefficient (Wildman–Crippen LogP) is 3.23. The largest absolute Gasteiger partial charge is 0.350 e. The first-order chi connectivity index (χ1) is 9.70. The van der Waals surface area contributed by atoms with Gasteiger partial charge in [0.05, 0.1) is 0 Å². The average molecular weight is 270 g/mol. The molecule has 0 spiro atoms. The van der Waals surface area contributed by atoms with Gasteiger partial charge in [-0.1, -0.05) is 0 Å². The Hall–Kier alpha value is -0.760. The van der Waals surface area contributed by atoms with E-state index in [2.05, 4.69) is 16.8 Å². The lowest BCUT2D eigenvalue weighted by Crippen LogP contribution is -2.48. The maximum Gasteiger partial charge on any atom is 0.0374 e. The van der Waals surface area contributed by atoms with Crippen LogP contribution in [0.2, 0.25) is 0 Å². The van der Waals surface area contributed by atoms with E-state index in [0.717, 1.165) is 24.3 Å². The van der Waals surface area contributed by atoms with Crippen LogP contribution in [0.5, 0.6) is 0 Å². The number of aryl methyl sites for hydroxylation is 1. The molecule has 4 bridgehead atoms. The Labute approximate surface area is 121 Å². The number of aromatic nitrogens is 1. The highest BCUT2D eigenvalue weighted by Crippen LogP contribution is 2.60. The fourth-order valence-corrected chi connectivity index (χ4v) is 6.37. The van der Waals surface area contributed by atoms with Crippen LogP contribution in [0.25, 0.3) is 0 Å². The molecule has 6 rings (SSSR count). The van der Waals surface area contributed by atoms with Crippen LogP contribution >= 0.6 is 0 Å². The van der Waals surface area contributed by atoms with Crippen LogP contribution in [0.1, 0.15) is 56.2 Å². The zero-order chi connectivity index (χ0) is 13.3. The van der Waals surface area contributed by atoms with E-state index < -0.39 is 0 Å². The molecule has 4 fully saturated rings. The number of hydrogen-bond acceptors (Lipinski definition) is 1. The molecule has 2 heterocycles. The molecule has 0 amide bonds. The molecule has 4 saturated carbocycles. The monoisotopic (exact) mass is 270 g/mol. The Bertz CT molecular complexity index is 506. The van der Waals surface area contributed by atoms with E-state index in [4.69, 9.17) is 5.73 Å². The van der Waals surface area contributed by atoms with Crippen molar-refractivity contribution in [1.82, 2.24) is 4.57 Å². The molecule has 2 heteroatoms. The normalized spacial score (nSPS) is 45.6. The fraction of sp³-hybridized carbons (Fsp3) is 0.778. The SMILES string of the molecule is NC1CCc2cc(C34CC5CC(CC(C5)C3)C4)cn2C1. The summed E-state index contributed by atoms with van der Waals surface area (Å²) < 4.78 is 2.47. The van der Waals surface area contributed by atoms with Gasteiger partial charge < -0.3 is 10.3 Å². The van der Waals surface area contributed by atoms with Gasteiger partial charge in [-0.2, -0.15) is 0 Å². The summed E-state index contributed by atoms with van der Waals surface area (Å²) in [5.41, 5.74) is 9.94. The third-order valence-electron chi connectivity index (χ3n) is 6.84. The minimum atomic E-state index is 0.374. The van der Waals surface area contributed by atoms with Gasteiger partial charge in [-0.05, 0) is 86.2 Å². The predicted molar refractivity (Wildman–Crippen MR) is 80.6 cm³/mol. The van der Waals surface area contributed by atoms with Gasteiger partial charge in [-0.15, -0.1) is 0 Å². The summed E-state index contributed by atoms with van der Waals surface area (Å²) in [6.45, 7) is 1.04. The van der Waals surface area contributed by atoms with E-state index in [1.54, 1.807) is 11.3 Å². The topological polar surface area (TPSA) is 30.9 Å². The molecular formula is C18H26N2. The van der Waals surface area contributed by atoms with Gasteiger partial charge >= 0.3 is 0 Å². The van der Waals surface area contributed by atoms with Crippen molar-refractivity contribution >= 4 is 0 Å². The molecule has 1 aliphatic heterocycles. The van der Waals surface area contributed by atoms with Gasteiger partial charge in [-0.25, -0.2) is 0 Å². The Morgan fingerprint density at radius 3 is 2.35 bits per heavy atom. The molecule has 1 aromatic rings. The summed E-state index contributed by atoms with van der Waals surface area (Å²) in [5.74, 6) is 3.13. The highest BCUT2D eigenvalue weighted by molar-refractivity contribution is 5.32. The van der Waals surface area contributed by atoms with Gasteiger partial charge in [-0.3, -0.25) is 0 Å². The molecule has 4 aliphatic carbocycles. The molecule has 0 saturated heterocycles. The molecule has 1 atom stereocenters. The summed E-state index contributed by atoms with van der Waals surface area (Å²) in [7, 11) is 0. The summed E-state index contributed by atoms with van der Waals surface area (Å²) in [6.07, 6.45) is 13.9. The fourth-order valence-electron chi connectivity index (χ4n) is 6.37. The number of rotatable bonds is 1. The second-order valence-electron chi connectivity index (χ2n) is 8.37. The highest BCUT2D eigenvalue weighted by atomic mass is 15.0. The van der Waals surface area contributed by atoms with Crippen LogP contribution in [0, 0.1) is 17.8 Å². The summed E-state index contributed by atoms with van der Waals surface area (Å²) in [4.78, 5) is 0. The van der Waals surface area contributed by atoms with Crippen molar-refractivity contribution in [2.45, 2.75) is 69.4 Å². The summed E-state index contributed by atoms with van der Waals surface area (Å²) in [6, 6.07) is 2.93. The summed E-state index contributed by atoms with van der Waals surface area (Å²) >= 11 is 0. The van der Waals surface area contributed by atoms with E-state index in [9.17, 15) is 0 Å². The van der Waals surface area contributed by atoms with Crippen LogP contribution in [-0.4, -0.2) is 10.6 Å². The van der Waals surface area contributed by atoms with Crippen LogP contribution in [0.3, 0.4) is 0 Å². The van der Waals surface area contributed by atoms with Crippen LogP contribution in [-0.2, 0) is 18.4 Å². The third-order valence-corrected chi connectivity index (χ3v) is 6.84. The van der Waals surface area contributed by atoms with Gasteiger partial charge in [0.2, 0.25) is 0 Å². The first kappa shape index (κ1) is 11.9. The van der Waals surface area contributed by atoms with Crippen molar-refractivity contribution in [3.05, 3.63) is 23.5 Å². The third kappa shape index (κ3) is 1.60. The van der Waals surface area contributed by atoms with Gasteiger partial charge in [0.1, 0.15) is 0 Å². The van der Waals surface area contributed by atoms with Crippen molar-refractivity contribution in [1.29, 1.82) is 0 Å². The molecule has 108 valence electrons. The van der Waals surface area contributed by atoms with Crippen molar-refractivity contribution in [3.63, 3.8) is 0 Å². The molecule has 20 heavy (non-hydrogen) atoms. The Morgan fingerprint density at radius 1 is 1.05 bits per heavy atom. The maximum absolute atomic E-state index is 6.14. The molecule has 0 radical (unpaired) electrons. The average Bonchev–Trinajstić information content (AvgIpc) is 2.80. The molecule has 2 nitrogen and oxygen atoms in total. The molecule has 1 aromatic heterocycles. The number of nitrogens with zero attached hydrogens (tertiary/aromatic N) is 1. The molecule has 2 N–H and O–H groups in total. The minimum Gasteiger partial charge on any atom is -0.350 e. The van der Waals surface area contributed by atoms with Crippen LogP contribution in [0.4, 0.5) is 0 Å². The zero-order valence-corrected chi connectivity index (χ0v) is 12.4. The molecule has 0 aromatic carbocycles. The summed E-state index contributed by atoms with van der Waals surface area (Å²) in [5, 5.41) is 0. The quantitative estimate of drug-likeness (QED) is 0.834. The minimum absolute atomic E-state index is 0.374. The lowest BCUT2D eigenvalue weighted by molar-refractivity contribution is -0.00520. The second kappa shape index (κ2) is 3.91. The van der Waals surface area contributed by atoms with Crippen LogP contribution in [0.15, 0.2) is 12.3 Å². The van der Waals surface area contributed by atoms with Gasteiger partial charge in [0.15, 0.2) is 0 Å². The van der Waals surface area contributed by atoms with Crippen LogP contribution < -0.4 is 5.73 Å². The Balaban J connectivity index is 1.53. The first-order valence-electron chi connectivity index (χ1n) is 8.65. The first-order valence-corrected chi connectivity index (χ1v) is 8.65. The maximum atomic E-state index is 6.14. The number of nitrogens with two attached hydrogens (primary N) is 1. The Kier molecular flexibility index (Phi) is 2.32. The van der Waals surface area contributed by atoms with Crippen molar-refractivity contribution in [2.75, 3.05) is 0 Å². The highest BCUT2D eigenvalue weighted by Gasteiger charge is 2.52. The zero-order valence-electron chi connectivity index (χ0n) is 12.4. The van der Waals surface area contributed by atoms with Crippen molar-refractivity contribution in [3.8, 4) is 0 Å². The van der Waals surface area contributed by atoms with Gasteiger partial charge in [0, 0.05) is 24.5 Å². The molecule has 1 unspecified atom stereocenters. The van der Waals surface area contributed by atoms with E-state index >= 15 is 0 Å². The lowest BCUT2D eigenvalue weighted by atomic mass is 9.48. The van der Waals surface area contributed by atoms with E-state index in [1.807, 2.05) is 0 Å². The van der Waals surface area contributed by atoms with Crippen molar-refractivity contribution in [2.24, 2.45) is 23.5 Å². The van der Waals surface area contributed by atoms with Gasteiger partial charge in [0.25, 0.3) is 0 Å². The molecular weight excluding hydrogens is 244 g/mol. The smallest absolute Gasteiger partial charge is 0.0374 e. The van der Waals surface area contributed by atoms with Crippen molar-refractivity contribution < 1.29 is 0 Å². The standard InChI is InChI=1S/C18H26N2/c19-16-1-2-17-6-15(10-20(17)11-16)18-7-12-3-13(8-18)5-14(4-12)9-18/h6,10,12-14,16H,1-5,7-9,11,19H2. The van der Waals surface area contributed by atoms with E-state index in [0.29, 0.717) is 11.5 Å². The number of hydrogen-bond donors (Lipinski definition) is 1. The van der Waals surface area contributed by atoms with E-state index in [-0.39, 0.29) is 0 Å². The second-order valence-corrected chi connectivity index (χ2v) is 8.37. The number of fused-ring (bicyclic) bond motifs is 1. The lowest BCUT2D eigenvalue weighted by Gasteiger charge is -2.56.